The molecular weight excluding hydrogens is 326 g/mol. The van der Waals surface area contributed by atoms with Crippen molar-refractivity contribution < 1.29 is 25.5 Å². The molecule has 8 nitrogen and oxygen atoms in total. The molecule has 5 atom stereocenters. The van der Waals surface area contributed by atoms with Crippen LogP contribution in [-0.4, -0.2) is 98.6 Å². The third kappa shape index (κ3) is 12.9. The number of rotatable bonds is 13. The lowest BCUT2D eigenvalue weighted by Crippen LogP contribution is -2.43. The Kier molecular flexibility index (Phi) is 11.8. The number of hydrogen-bond acceptors (Lipinski definition) is 8. The van der Waals surface area contributed by atoms with Crippen LogP contribution in [0.1, 0.15) is 34.6 Å². The fourth-order valence-corrected chi connectivity index (χ4v) is 2.43. The van der Waals surface area contributed by atoms with Crippen molar-refractivity contribution >= 4 is 0 Å². The Labute approximate surface area is 151 Å². The van der Waals surface area contributed by atoms with Crippen molar-refractivity contribution in [1.82, 2.24) is 15.1 Å². The third-order valence-corrected chi connectivity index (χ3v) is 3.19. The maximum atomic E-state index is 9.77. The van der Waals surface area contributed by atoms with Gasteiger partial charge in [0.15, 0.2) is 0 Å². The highest BCUT2D eigenvalue weighted by molar-refractivity contribution is 5.01. The summed E-state index contributed by atoms with van der Waals surface area (Å²) in [6.45, 7) is 9.81. The Balaban J connectivity index is 5.52. The third-order valence-electron chi connectivity index (χ3n) is 3.19. The number of nitrogens with zero attached hydrogens (tertiary/aromatic N) is 2. The molecule has 0 radical (unpaired) electrons. The van der Waals surface area contributed by atoms with Crippen LogP contribution in [0.3, 0.4) is 0 Å². The summed E-state index contributed by atoms with van der Waals surface area (Å²) in [5.74, 6) is 0.601. The molecule has 0 bridgehead atoms. The van der Waals surface area contributed by atoms with Gasteiger partial charge < -0.3 is 40.6 Å². The molecule has 0 aromatic heterocycles. The van der Waals surface area contributed by atoms with Gasteiger partial charge in [-0.2, -0.15) is 0 Å². The second-order valence-corrected chi connectivity index (χ2v) is 7.00. The summed E-state index contributed by atoms with van der Waals surface area (Å²) in [5.41, 5.74) is 0. The van der Waals surface area contributed by atoms with Crippen LogP contribution in [0.25, 0.3) is 0 Å². The van der Waals surface area contributed by atoms with E-state index in [1.807, 2.05) is 0 Å². The van der Waals surface area contributed by atoms with Crippen LogP contribution < -0.4 is 5.32 Å². The molecular formula is C17H37N3O5. The molecule has 0 spiro atoms. The van der Waals surface area contributed by atoms with E-state index in [-0.39, 0.29) is 0 Å². The molecule has 0 aromatic carbocycles. The minimum Gasteiger partial charge on any atom is -0.392 e. The quantitative estimate of drug-likeness (QED) is 0.244. The lowest BCUT2D eigenvalue weighted by Gasteiger charge is -2.33. The maximum absolute atomic E-state index is 9.77. The van der Waals surface area contributed by atoms with Crippen molar-refractivity contribution in [1.29, 1.82) is 0 Å². The van der Waals surface area contributed by atoms with Crippen LogP contribution >= 0.6 is 0 Å². The van der Waals surface area contributed by atoms with E-state index in [2.05, 4.69) is 5.32 Å². The van der Waals surface area contributed by atoms with Gasteiger partial charge in [-0.05, 0) is 34.6 Å². The summed E-state index contributed by atoms with van der Waals surface area (Å²) in [5, 5.41) is 51.6. The first-order chi connectivity index (χ1) is 11.5. The summed E-state index contributed by atoms with van der Waals surface area (Å²) < 4.78 is 0. The van der Waals surface area contributed by atoms with Gasteiger partial charge in [-0.3, -0.25) is 0 Å². The van der Waals surface area contributed by atoms with E-state index in [0.29, 0.717) is 38.5 Å². The zero-order valence-corrected chi connectivity index (χ0v) is 16.1. The van der Waals surface area contributed by atoms with Crippen LogP contribution in [0.15, 0.2) is 12.0 Å². The molecule has 0 aliphatic carbocycles. The van der Waals surface area contributed by atoms with E-state index in [0.717, 1.165) is 0 Å². The molecule has 25 heavy (non-hydrogen) atoms. The van der Waals surface area contributed by atoms with E-state index in [1.165, 1.54) is 0 Å². The molecule has 0 saturated heterocycles. The fraction of sp³-hybridized carbons (Fsp3) is 0.882. The molecule has 0 aliphatic rings. The predicted molar refractivity (Wildman–Crippen MR) is 97.6 cm³/mol. The molecule has 6 N–H and O–H groups in total. The molecule has 0 aromatic rings. The summed E-state index contributed by atoms with van der Waals surface area (Å²) in [6.07, 6.45) is -1.24. The highest BCUT2D eigenvalue weighted by Crippen LogP contribution is 2.08. The Bertz CT molecular complexity index is 353. The molecule has 0 fully saturated rings. The normalized spacial score (nSPS) is 18.2. The minimum absolute atomic E-state index is 0.291. The summed E-state index contributed by atoms with van der Waals surface area (Å²) in [6, 6.07) is 0. The first-order valence-corrected chi connectivity index (χ1v) is 8.86. The molecule has 150 valence electrons. The largest absolute Gasteiger partial charge is 0.392 e. The molecule has 0 rings (SSSR count). The average molecular weight is 363 g/mol. The Morgan fingerprint density at radius 1 is 0.720 bits per heavy atom. The van der Waals surface area contributed by atoms with E-state index < -0.39 is 30.5 Å². The van der Waals surface area contributed by atoms with Crippen LogP contribution in [0.2, 0.25) is 0 Å². The molecule has 0 heterocycles. The zero-order valence-electron chi connectivity index (χ0n) is 16.1. The number of aliphatic hydroxyl groups excluding tert-OH is 5. The summed E-state index contributed by atoms with van der Waals surface area (Å²) >= 11 is 0. The van der Waals surface area contributed by atoms with Gasteiger partial charge in [0.05, 0.1) is 30.5 Å². The molecule has 5 unspecified atom stereocenters. The van der Waals surface area contributed by atoms with Crippen LogP contribution in [0, 0.1) is 0 Å². The second kappa shape index (κ2) is 12.3. The van der Waals surface area contributed by atoms with Gasteiger partial charge >= 0.3 is 0 Å². The number of aliphatic hydroxyl groups is 5. The molecule has 0 amide bonds. The Morgan fingerprint density at radius 3 is 1.44 bits per heavy atom. The summed E-state index contributed by atoms with van der Waals surface area (Å²) in [7, 11) is 0. The van der Waals surface area contributed by atoms with Crippen molar-refractivity contribution in [3.05, 3.63) is 12.0 Å². The molecule has 0 saturated carbocycles. The molecule has 0 aliphatic heterocycles. The SMILES string of the molecule is CC(O)CN/C(=C\N(CC(C)O)CC(C)O)N(CC(C)O)CC(C)O. The van der Waals surface area contributed by atoms with Crippen molar-refractivity contribution in [3.8, 4) is 0 Å². The van der Waals surface area contributed by atoms with Crippen LogP contribution in [-0.2, 0) is 0 Å². The highest BCUT2D eigenvalue weighted by atomic mass is 16.3. The van der Waals surface area contributed by atoms with Gasteiger partial charge in [0.1, 0.15) is 5.82 Å². The van der Waals surface area contributed by atoms with Gasteiger partial charge in [0.2, 0.25) is 0 Å². The fourth-order valence-electron chi connectivity index (χ4n) is 2.43. The highest BCUT2D eigenvalue weighted by Gasteiger charge is 2.17. The summed E-state index contributed by atoms with van der Waals surface area (Å²) in [4.78, 5) is 3.56. The van der Waals surface area contributed by atoms with Crippen molar-refractivity contribution in [2.75, 3.05) is 32.7 Å². The van der Waals surface area contributed by atoms with Gasteiger partial charge in [0, 0.05) is 38.9 Å². The van der Waals surface area contributed by atoms with Crippen LogP contribution in [0.5, 0.6) is 0 Å². The number of nitrogens with one attached hydrogen (secondary N) is 1. The maximum Gasteiger partial charge on any atom is 0.118 e. The molecule has 8 heteroatoms. The average Bonchev–Trinajstić information content (AvgIpc) is 2.39. The lowest BCUT2D eigenvalue weighted by molar-refractivity contribution is 0.0877. The van der Waals surface area contributed by atoms with Gasteiger partial charge in [-0.25, -0.2) is 0 Å². The Morgan fingerprint density at radius 2 is 1.12 bits per heavy atom. The first-order valence-electron chi connectivity index (χ1n) is 8.86. The topological polar surface area (TPSA) is 120 Å². The number of hydrogen-bond donors (Lipinski definition) is 6. The van der Waals surface area contributed by atoms with Crippen molar-refractivity contribution in [2.45, 2.75) is 65.1 Å². The van der Waals surface area contributed by atoms with Gasteiger partial charge in [-0.1, -0.05) is 0 Å². The minimum atomic E-state index is -0.613. The van der Waals surface area contributed by atoms with Crippen molar-refractivity contribution in [2.24, 2.45) is 0 Å². The first kappa shape index (κ1) is 23.9. The standard InChI is InChI=1S/C17H37N3O5/c1-12(21)6-18-17(20(9-15(4)24)10-16(5)25)11-19(7-13(2)22)8-14(3)23/h11-16,18,21-25H,6-10H2,1-5H3/b17-11+. The van der Waals surface area contributed by atoms with Gasteiger partial charge in [0.25, 0.3) is 0 Å². The monoisotopic (exact) mass is 363 g/mol. The van der Waals surface area contributed by atoms with E-state index in [1.54, 1.807) is 50.6 Å². The van der Waals surface area contributed by atoms with Gasteiger partial charge in [-0.15, -0.1) is 0 Å². The predicted octanol–water partition coefficient (Wildman–Crippen LogP) is -1.12. The van der Waals surface area contributed by atoms with Crippen molar-refractivity contribution in [3.63, 3.8) is 0 Å². The Hall–Kier alpha value is -1.06. The van der Waals surface area contributed by atoms with Crippen LogP contribution in [0.4, 0.5) is 0 Å². The van der Waals surface area contributed by atoms with E-state index >= 15 is 0 Å². The smallest absolute Gasteiger partial charge is 0.118 e. The lowest BCUT2D eigenvalue weighted by atomic mass is 10.2. The van der Waals surface area contributed by atoms with E-state index in [9.17, 15) is 25.5 Å². The van der Waals surface area contributed by atoms with E-state index in [4.69, 9.17) is 0 Å². The second-order valence-electron chi connectivity index (χ2n) is 7.00. The zero-order chi connectivity index (χ0) is 19.6.